The van der Waals surface area contributed by atoms with Gasteiger partial charge < -0.3 is 18.8 Å². The van der Waals surface area contributed by atoms with Crippen LogP contribution >= 0.6 is 0 Å². The lowest BCUT2D eigenvalue weighted by Gasteiger charge is -2.28. The standard InChI is InChI=1S/C27H23NO5/c1-31-21-8-6-19(7-9-21)24-16-33-25-14-22(10-11-23(25)27(24)30)32-17-26(29)28-13-12-18-4-2-3-5-20(18)15-28/h2-11,14,16H,12-13,15,17H2,1H3. The van der Waals surface area contributed by atoms with Crippen LogP contribution in [-0.4, -0.2) is 31.1 Å². The molecule has 0 aliphatic carbocycles. The summed E-state index contributed by atoms with van der Waals surface area (Å²) in [5.41, 5.74) is 3.98. The molecule has 1 aromatic heterocycles. The smallest absolute Gasteiger partial charge is 0.260 e. The number of benzene rings is 3. The summed E-state index contributed by atoms with van der Waals surface area (Å²) in [6.07, 6.45) is 2.30. The molecule has 0 radical (unpaired) electrons. The molecule has 5 rings (SSSR count). The molecular weight excluding hydrogens is 418 g/mol. The van der Waals surface area contributed by atoms with Crippen molar-refractivity contribution in [1.29, 1.82) is 0 Å². The maximum atomic E-state index is 13.0. The van der Waals surface area contributed by atoms with Gasteiger partial charge in [0.2, 0.25) is 0 Å². The zero-order valence-corrected chi connectivity index (χ0v) is 18.2. The van der Waals surface area contributed by atoms with Crippen molar-refractivity contribution in [3.05, 3.63) is 94.3 Å². The molecular formula is C27H23NO5. The Morgan fingerprint density at radius 1 is 1.00 bits per heavy atom. The van der Waals surface area contributed by atoms with Crippen LogP contribution < -0.4 is 14.9 Å². The molecule has 4 aromatic rings. The predicted molar refractivity (Wildman–Crippen MR) is 126 cm³/mol. The van der Waals surface area contributed by atoms with Gasteiger partial charge >= 0.3 is 0 Å². The summed E-state index contributed by atoms with van der Waals surface area (Å²) < 4.78 is 16.6. The van der Waals surface area contributed by atoms with E-state index >= 15 is 0 Å². The zero-order chi connectivity index (χ0) is 22.8. The van der Waals surface area contributed by atoms with Crippen LogP contribution in [0.25, 0.3) is 22.1 Å². The van der Waals surface area contributed by atoms with Crippen LogP contribution in [-0.2, 0) is 17.8 Å². The van der Waals surface area contributed by atoms with Gasteiger partial charge in [-0.2, -0.15) is 0 Å². The van der Waals surface area contributed by atoms with Crippen LogP contribution in [0.2, 0.25) is 0 Å². The van der Waals surface area contributed by atoms with Crippen molar-refractivity contribution in [2.45, 2.75) is 13.0 Å². The van der Waals surface area contributed by atoms with E-state index in [0.717, 1.165) is 12.0 Å². The lowest BCUT2D eigenvalue weighted by molar-refractivity contribution is -0.134. The molecule has 0 saturated heterocycles. The Morgan fingerprint density at radius 2 is 1.76 bits per heavy atom. The van der Waals surface area contributed by atoms with Gasteiger partial charge in [0, 0.05) is 19.2 Å². The summed E-state index contributed by atoms with van der Waals surface area (Å²) in [4.78, 5) is 27.5. The van der Waals surface area contributed by atoms with Gasteiger partial charge in [-0.3, -0.25) is 9.59 Å². The van der Waals surface area contributed by atoms with Crippen molar-refractivity contribution < 1.29 is 18.7 Å². The summed E-state index contributed by atoms with van der Waals surface area (Å²) in [5.74, 6) is 1.13. The van der Waals surface area contributed by atoms with E-state index < -0.39 is 0 Å². The molecule has 6 heteroatoms. The van der Waals surface area contributed by atoms with Crippen molar-refractivity contribution in [3.8, 4) is 22.6 Å². The Kier molecular flexibility index (Phi) is 5.57. The van der Waals surface area contributed by atoms with Gasteiger partial charge in [0.05, 0.1) is 18.1 Å². The van der Waals surface area contributed by atoms with E-state index in [0.29, 0.717) is 41.1 Å². The Balaban J connectivity index is 1.30. The first-order valence-electron chi connectivity index (χ1n) is 10.8. The van der Waals surface area contributed by atoms with Crippen molar-refractivity contribution in [1.82, 2.24) is 4.90 Å². The fraction of sp³-hybridized carbons (Fsp3) is 0.185. The topological polar surface area (TPSA) is 69.0 Å². The van der Waals surface area contributed by atoms with E-state index in [2.05, 4.69) is 12.1 Å². The third-order valence-electron chi connectivity index (χ3n) is 5.99. The number of fused-ring (bicyclic) bond motifs is 2. The highest BCUT2D eigenvalue weighted by Crippen LogP contribution is 2.25. The van der Waals surface area contributed by atoms with E-state index in [1.54, 1.807) is 37.4 Å². The fourth-order valence-electron chi connectivity index (χ4n) is 4.11. The van der Waals surface area contributed by atoms with Crippen molar-refractivity contribution >= 4 is 16.9 Å². The maximum Gasteiger partial charge on any atom is 0.260 e. The number of methoxy groups -OCH3 is 1. The highest BCUT2D eigenvalue weighted by molar-refractivity contribution is 5.83. The second-order valence-electron chi connectivity index (χ2n) is 7.99. The van der Waals surface area contributed by atoms with Crippen LogP contribution in [0.4, 0.5) is 0 Å². The first kappa shape index (κ1) is 20.8. The summed E-state index contributed by atoms with van der Waals surface area (Å²) >= 11 is 0. The molecule has 1 aliphatic rings. The van der Waals surface area contributed by atoms with Gasteiger partial charge in [-0.1, -0.05) is 36.4 Å². The van der Waals surface area contributed by atoms with Crippen LogP contribution in [0.1, 0.15) is 11.1 Å². The number of amides is 1. The first-order chi connectivity index (χ1) is 16.1. The van der Waals surface area contributed by atoms with Gasteiger partial charge in [0.25, 0.3) is 5.91 Å². The Morgan fingerprint density at radius 3 is 2.55 bits per heavy atom. The molecule has 0 bridgehead atoms. The number of hydrogen-bond acceptors (Lipinski definition) is 5. The molecule has 3 aromatic carbocycles. The van der Waals surface area contributed by atoms with E-state index in [1.807, 2.05) is 29.2 Å². The minimum Gasteiger partial charge on any atom is -0.497 e. The summed E-state index contributed by atoms with van der Waals surface area (Å²) in [5, 5.41) is 0.453. The Bertz CT molecular complexity index is 1370. The third kappa shape index (κ3) is 4.20. The quantitative estimate of drug-likeness (QED) is 0.458. The number of carbonyl (C=O) groups excluding carboxylic acids is 1. The van der Waals surface area contributed by atoms with Crippen LogP contribution in [0, 0.1) is 0 Å². The van der Waals surface area contributed by atoms with Gasteiger partial charge in [-0.15, -0.1) is 0 Å². The minimum absolute atomic E-state index is 0.0676. The lowest BCUT2D eigenvalue weighted by Crippen LogP contribution is -2.38. The largest absolute Gasteiger partial charge is 0.497 e. The van der Waals surface area contributed by atoms with Gasteiger partial charge in [0.15, 0.2) is 12.0 Å². The summed E-state index contributed by atoms with van der Waals surface area (Å²) in [7, 11) is 1.60. The molecule has 1 aliphatic heterocycles. The molecule has 33 heavy (non-hydrogen) atoms. The molecule has 0 fully saturated rings. The average molecular weight is 441 g/mol. The van der Waals surface area contributed by atoms with Gasteiger partial charge in [-0.25, -0.2) is 0 Å². The Hall–Kier alpha value is -4.06. The molecule has 0 N–H and O–H groups in total. The summed E-state index contributed by atoms with van der Waals surface area (Å²) in [6, 6.07) is 20.4. The van der Waals surface area contributed by atoms with E-state index in [-0.39, 0.29) is 17.9 Å². The number of carbonyl (C=O) groups is 1. The molecule has 2 heterocycles. The van der Waals surface area contributed by atoms with Crippen molar-refractivity contribution in [2.24, 2.45) is 0 Å². The molecule has 0 saturated carbocycles. The SMILES string of the molecule is COc1ccc(-c2coc3cc(OCC(=O)N4CCc5ccccc5C4)ccc3c2=O)cc1. The highest BCUT2D eigenvalue weighted by atomic mass is 16.5. The monoisotopic (exact) mass is 441 g/mol. The molecule has 166 valence electrons. The van der Waals surface area contributed by atoms with Crippen LogP contribution in [0.3, 0.4) is 0 Å². The van der Waals surface area contributed by atoms with Crippen LogP contribution in [0.15, 0.2) is 82.2 Å². The second kappa shape index (κ2) is 8.82. The summed E-state index contributed by atoms with van der Waals surface area (Å²) in [6.45, 7) is 1.21. The molecule has 0 spiro atoms. The predicted octanol–water partition coefficient (Wildman–Crippen LogP) is 4.43. The molecule has 1 amide bonds. The number of nitrogens with zero attached hydrogens (tertiary/aromatic N) is 1. The van der Waals surface area contributed by atoms with E-state index in [4.69, 9.17) is 13.9 Å². The zero-order valence-electron chi connectivity index (χ0n) is 18.2. The molecule has 6 nitrogen and oxygen atoms in total. The first-order valence-corrected chi connectivity index (χ1v) is 10.8. The minimum atomic E-state index is -0.129. The van der Waals surface area contributed by atoms with Crippen molar-refractivity contribution in [2.75, 3.05) is 20.3 Å². The second-order valence-corrected chi connectivity index (χ2v) is 7.99. The van der Waals surface area contributed by atoms with Crippen LogP contribution in [0.5, 0.6) is 11.5 Å². The lowest BCUT2D eigenvalue weighted by atomic mass is 10.00. The van der Waals surface area contributed by atoms with Gasteiger partial charge in [0.1, 0.15) is 23.3 Å². The van der Waals surface area contributed by atoms with Gasteiger partial charge in [-0.05, 0) is 47.4 Å². The molecule has 0 unspecified atom stereocenters. The normalized spacial score (nSPS) is 12.9. The van der Waals surface area contributed by atoms with E-state index in [1.165, 1.54) is 17.4 Å². The third-order valence-corrected chi connectivity index (χ3v) is 5.99. The van der Waals surface area contributed by atoms with Crippen molar-refractivity contribution in [3.63, 3.8) is 0 Å². The molecule has 0 atom stereocenters. The number of rotatable bonds is 5. The maximum absolute atomic E-state index is 13.0. The van der Waals surface area contributed by atoms with E-state index in [9.17, 15) is 9.59 Å². The number of hydrogen-bond donors (Lipinski definition) is 0. The Labute approximate surface area is 191 Å². The average Bonchev–Trinajstić information content (AvgIpc) is 2.87. The fourth-order valence-corrected chi connectivity index (χ4v) is 4.11. The number of ether oxygens (including phenoxy) is 2. The highest BCUT2D eigenvalue weighted by Gasteiger charge is 2.20.